The number of morpholine rings is 2. The first-order valence-electron chi connectivity index (χ1n) is 43.8. The predicted octanol–water partition coefficient (Wildman–Crippen LogP) is 15.7. The first-order valence-corrected chi connectivity index (χ1v) is 43.8. The number of amides is 2. The molecule has 7 aromatic rings. The van der Waals surface area contributed by atoms with E-state index in [-0.39, 0.29) is 61.9 Å². The highest BCUT2D eigenvalue weighted by atomic mass is 16.5. The number of anilines is 3. The van der Waals surface area contributed by atoms with E-state index in [0.29, 0.717) is 94.7 Å². The predicted molar refractivity (Wildman–Crippen MR) is 502 cm³/mol. The number of ether oxygens (including phenoxy) is 4. The number of pyridine rings is 5. The highest BCUT2D eigenvalue weighted by molar-refractivity contribution is 5.94. The standard InChI is InChI=1S/C16H25N3O2.C16H24N2O2.C15H25N3O2.C14H23N3.C14H22N2O2.C12H17N.C11H20N2/c1-12(19-7-9-21-10-8-19)15(20)18-14-6-5-13(11-17-14)16(2,3)4;1-16(2,3)13-4-5-14(17-11-13)10-15(19)12-18-6-8-20-9-7-18;1-15(2,3)12-6-7-13(16-10-12)17-14(19)11-18(4)8-9-20-5;1-14(2,3)11-4-5-13(16-10-11)17-12-6-8-15-9-7-12;1-11(2)12-4-5-13(16-9-12)8-14(17)10-15-6-7-18-3;1-9(13)10-6-5-7-11(8-10)12(2,3)4;1-5-6-7-13-9-10(8-12-13)11(2,3)4/h5-6,11-12H,7-10H2,1-4H3,(H,17,18,20);4-5,11H,6-10,12H2,1-3H3;6-7,10H,8-9,11H2,1-5H3,(H,16,17,19);4-5,10,12,15H,6-9H2,1-3H3,(H,16,17);4-5,9,11,15H,6-8,10H2,1-3H3;5-8H,1,13H2,2-4H3;8-9H,5-7H2,1-4H3. The normalized spacial score (nSPS) is 14.5. The van der Waals surface area contributed by atoms with Crippen LogP contribution in [0.25, 0.3) is 5.70 Å². The molecule has 0 aliphatic carbocycles. The minimum absolute atomic E-state index is 0.0205. The van der Waals surface area contributed by atoms with Crippen LogP contribution < -0.4 is 32.3 Å². The number of nitrogens with zero attached hydrogens (tertiary/aromatic N) is 10. The quantitative estimate of drug-likeness (QED) is 0.0261. The number of aromatic nitrogens is 7. The van der Waals surface area contributed by atoms with Crippen molar-refractivity contribution in [1.82, 2.24) is 60.0 Å². The van der Waals surface area contributed by atoms with E-state index in [1.165, 1.54) is 53.5 Å². The molecular formula is C98H156N16O8. The number of likely N-dealkylation sites (N-methyl/N-ethyl adjacent to an activating group) is 1. The monoisotopic (exact) mass is 1690 g/mol. The van der Waals surface area contributed by atoms with Crippen molar-refractivity contribution in [3.63, 3.8) is 0 Å². The van der Waals surface area contributed by atoms with Crippen molar-refractivity contribution in [3.8, 4) is 0 Å². The van der Waals surface area contributed by atoms with Gasteiger partial charge in [0.25, 0.3) is 0 Å². The number of nitrogens with one attached hydrogen (secondary N) is 5. The average Bonchev–Trinajstić information content (AvgIpc) is 1.69. The molecule has 9 heterocycles. The van der Waals surface area contributed by atoms with Crippen LogP contribution in [0.15, 0.2) is 135 Å². The van der Waals surface area contributed by atoms with Gasteiger partial charge in [0.1, 0.15) is 17.5 Å². The molecule has 3 aliphatic rings. The number of nitrogens with two attached hydrogens (primary N) is 1. The molecule has 3 saturated heterocycles. The van der Waals surface area contributed by atoms with Crippen molar-refractivity contribution in [2.75, 3.05) is 149 Å². The molecule has 1 atom stereocenters. The van der Waals surface area contributed by atoms with Gasteiger partial charge >= 0.3 is 0 Å². The van der Waals surface area contributed by atoms with E-state index in [9.17, 15) is 19.2 Å². The molecule has 1 unspecified atom stereocenters. The molecule has 3 fully saturated rings. The van der Waals surface area contributed by atoms with E-state index < -0.39 is 0 Å². The zero-order chi connectivity index (χ0) is 90.9. The average molecular weight is 1690 g/mol. The van der Waals surface area contributed by atoms with Crippen molar-refractivity contribution in [1.29, 1.82) is 0 Å². The lowest BCUT2D eigenvalue weighted by molar-refractivity contribution is -0.122. The van der Waals surface area contributed by atoms with Gasteiger partial charge in [-0.3, -0.25) is 48.5 Å². The van der Waals surface area contributed by atoms with Gasteiger partial charge in [-0.15, -0.1) is 0 Å². The smallest absolute Gasteiger partial charge is 0.242 e. The molecule has 10 rings (SSSR count). The summed E-state index contributed by atoms with van der Waals surface area (Å²) in [5.41, 5.74) is 18.4. The van der Waals surface area contributed by atoms with Gasteiger partial charge in [-0.05, 0) is 166 Å². The Morgan fingerprint density at radius 2 is 1.07 bits per heavy atom. The van der Waals surface area contributed by atoms with Crippen LogP contribution in [0.2, 0.25) is 0 Å². The van der Waals surface area contributed by atoms with Crippen LogP contribution in [0, 0.1) is 0 Å². The third-order valence-corrected chi connectivity index (χ3v) is 20.8. The van der Waals surface area contributed by atoms with Crippen LogP contribution in [0.1, 0.15) is 240 Å². The van der Waals surface area contributed by atoms with E-state index in [1.807, 2.05) is 115 Å². The molecule has 1 aromatic carbocycles. The van der Waals surface area contributed by atoms with Crippen LogP contribution in [0.5, 0.6) is 0 Å². The lowest BCUT2D eigenvalue weighted by Crippen LogP contribution is -2.47. The molecule has 0 spiro atoms. The van der Waals surface area contributed by atoms with Crippen LogP contribution >= 0.6 is 0 Å². The Balaban J connectivity index is 0.000000301. The number of carbonyl (C=O) groups excluding carboxylic acids is 4. The second-order valence-corrected chi connectivity index (χ2v) is 38.3. The maximum absolute atomic E-state index is 12.3. The fraction of sp³-hybridized carbons (Fsp3) is 0.592. The van der Waals surface area contributed by atoms with E-state index in [1.54, 1.807) is 14.2 Å². The molecule has 0 bridgehead atoms. The summed E-state index contributed by atoms with van der Waals surface area (Å²) in [6, 6.07) is 28.6. The van der Waals surface area contributed by atoms with E-state index in [4.69, 9.17) is 24.7 Å². The number of hydrogen-bond donors (Lipinski definition) is 6. The fourth-order valence-corrected chi connectivity index (χ4v) is 12.2. The molecule has 0 saturated carbocycles. The summed E-state index contributed by atoms with van der Waals surface area (Å²) in [5.74, 6) is 2.95. The van der Waals surface area contributed by atoms with Crippen molar-refractivity contribution >= 4 is 46.5 Å². The van der Waals surface area contributed by atoms with Crippen LogP contribution in [-0.2, 0) is 90.0 Å². The van der Waals surface area contributed by atoms with Gasteiger partial charge in [-0.2, -0.15) is 5.10 Å². The van der Waals surface area contributed by atoms with Crippen molar-refractivity contribution in [2.45, 2.75) is 248 Å². The van der Waals surface area contributed by atoms with Gasteiger partial charge in [0.05, 0.1) is 84.4 Å². The number of benzene rings is 1. The number of ketones is 2. The van der Waals surface area contributed by atoms with Gasteiger partial charge in [-0.1, -0.05) is 207 Å². The Morgan fingerprint density at radius 1 is 0.582 bits per heavy atom. The topological polar surface area (TPSA) is 283 Å². The zero-order valence-corrected chi connectivity index (χ0v) is 79.3. The van der Waals surface area contributed by atoms with Crippen LogP contribution in [-0.4, -0.2) is 218 Å². The molecule has 122 heavy (non-hydrogen) atoms. The lowest BCUT2D eigenvalue weighted by Gasteiger charge is -2.31. The van der Waals surface area contributed by atoms with Gasteiger partial charge in [-0.25, -0.2) is 15.0 Å². The highest BCUT2D eigenvalue weighted by Gasteiger charge is 2.26. The minimum Gasteiger partial charge on any atom is -0.399 e. The summed E-state index contributed by atoms with van der Waals surface area (Å²) in [6.45, 7) is 64.5. The Bertz CT molecular complexity index is 4110. The largest absolute Gasteiger partial charge is 0.399 e. The SMILES string of the molecule is C=C(N)c1cccc(C(C)(C)C)c1.CC(C(=O)Nc1ccc(C(C)(C)C)cn1)N1CCOCC1.CC(C)(C)c1ccc(CC(=O)CN2CCOCC2)nc1.CC(C)(C)c1ccc(NC2CCNCC2)nc1.CCCCn1cc(C(C)(C)C)cn1.COCCN(C)CC(=O)Nc1ccc(C(C)(C)C)cn1.COCCNCC(=O)Cc1ccc(C(C)C)cn1. The molecule has 6 aromatic heterocycles. The molecule has 24 nitrogen and oxygen atoms in total. The summed E-state index contributed by atoms with van der Waals surface area (Å²) in [4.78, 5) is 75.8. The third kappa shape index (κ3) is 42.7. The number of rotatable bonds is 27. The summed E-state index contributed by atoms with van der Waals surface area (Å²) >= 11 is 0. The molecule has 7 N–H and O–H groups in total. The Labute approximate surface area is 734 Å². The highest BCUT2D eigenvalue weighted by Crippen LogP contribution is 2.28. The third-order valence-electron chi connectivity index (χ3n) is 20.8. The van der Waals surface area contributed by atoms with Crippen molar-refractivity contribution in [2.24, 2.45) is 5.73 Å². The van der Waals surface area contributed by atoms with Crippen molar-refractivity contribution < 1.29 is 38.1 Å². The number of piperidine rings is 1. The molecule has 676 valence electrons. The summed E-state index contributed by atoms with van der Waals surface area (Å²) < 4.78 is 22.5. The lowest BCUT2D eigenvalue weighted by atomic mass is 9.86. The molecule has 0 radical (unpaired) electrons. The first-order chi connectivity index (χ1) is 57.3. The van der Waals surface area contributed by atoms with Gasteiger partial charge < -0.3 is 51.3 Å². The molecular weight excluding hydrogens is 1530 g/mol. The number of Topliss-reactive ketones (excluding diaryl/α,β-unsaturated/α-hetero) is 2. The van der Waals surface area contributed by atoms with E-state index >= 15 is 0 Å². The molecule has 24 heteroatoms. The summed E-state index contributed by atoms with van der Waals surface area (Å²) in [6.07, 6.45) is 19.1. The maximum Gasteiger partial charge on any atom is 0.242 e. The summed E-state index contributed by atoms with van der Waals surface area (Å²) in [5, 5.41) is 19.9. The van der Waals surface area contributed by atoms with Gasteiger partial charge in [0, 0.05) is 120 Å². The zero-order valence-electron chi connectivity index (χ0n) is 79.3. The molecule has 2 amide bonds. The Morgan fingerprint density at radius 3 is 1.52 bits per heavy atom. The van der Waals surface area contributed by atoms with Crippen LogP contribution in [0.3, 0.4) is 0 Å². The number of carbonyl (C=O) groups is 4. The first kappa shape index (κ1) is 106. The van der Waals surface area contributed by atoms with E-state index in [2.05, 4.69) is 255 Å². The molecule has 3 aliphatic heterocycles. The van der Waals surface area contributed by atoms with Crippen molar-refractivity contribution in [3.05, 3.63) is 191 Å². The second-order valence-electron chi connectivity index (χ2n) is 38.3. The van der Waals surface area contributed by atoms with Gasteiger partial charge in [0.15, 0.2) is 11.6 Å². The van der Waals surface area contributed by atoms with E-state index in [0.717, 1.165) is 99.5 Å². The number of unbranched alkanes of at least 4 members (excludes halogenated alkanes) is 1. The number of aryl methyl sites for hydroxylation is 1. The fourth-order valence-electron chi connectivity index (χ4n) is 12.2. The Kier molecular flexibility index (Phi) is 45.9. The number of hydrogen-bond acceptors (Lipinski definition) is 21. The Hall–Kier alpha value is -8.56. The number of methoxy groups -OCH3 is 2. The van der Waals surface area contributed by atoms with Gasteiger partial charge in [0.2, 0.25) is 11.8 Å². The summed E-state index contributed by atoms with van der Waals surface area (Å²) in [7, 11) is 5.17. The maximum atomic E-state index is 12.3. The second kappa shape index (κ2) is 52.9. The minimum atomic E-state index is -0.169. The van der Waals surface area contributed by atoms with Crippen LogP contribution in [0.4, 0.5) is 17.5 Å².